The second-order valence-electron chi connectivity index (χ2n) is 5.45. The van der Waals surface area contributed by atoms with Crippen molar-refractivity contribution in [1.82, 2.24) is 4.98 Å². The lowest BCUT2D eigenvalue weighted by molar-refractivity contribution is -0.138. The standard InChI is InChI=1S/C17H9ClF6N2OS/c18-16-26-7-10(28-16)6-25-9-1-2-11(19)14(5-9)27-15-12(20)3-8(4-13(15)21)17(22,23)24/h1-5,7,25H,6H2. The largest absolute Gasteiger partial charge is 0.448 e. The Kier molecular flexibility index (Phi) is 5.71. The van der Waals surface area contributed by atoms with Crippen molar-refractivity contribution in [3.8, 4) is 11.5 Å². The molecule has 0 aliphatic rings. The van der Waals surface area contributed by atoms with E-state index < -0.39 is 40.7 Å². The molecule has 1 heterocycles. The number of benzene rings is 2. The Hall–Kier alpha value is -2.46. The lowest BCUT2D eigenvalue weighted by Gasteiger charge is -2.13. The van der Waals surface area contributed by atoms with Gasteiger partial charge in [0.05, 0.1) is 12.1 Å². The van der Waals surface area contributed by atoms with Crippen LogP contribution in [-0.4, -0.2) is 4.98 Å². The van der Waals surface area contributed by atoms with E-state index in [1.165, 1.54) is 23.6 Å². The molecule has 11 heteroatoms. The maximum absolute atomic E-state index is 14.0. The number of rotatable bonds is 5. The summed E-state index contributed by atoms with van der Waals surface area (Å²) < 4.78 is 84.8. The average molecular weight is 439 g/mol. The third kappa shape index (κ3) is 4.68. The van der Waals surface area contributed by atoms with Gasteiger partial charge in [0.1, 0.15) is 0 Å². The normalized spacial score (nSPS) is 11.5. The lowest BCUT2D eigenvalue weighted by Crippen LogP contribution is -2.07. The molecular formula is C17H9ClF6N2OS. The fourth-order valence-electron chi connectivity index (χ4n) is 2.18. The van der Waals surface area contributed by atoms with E-state index in [2.05, 4.69) is 10.3 Å². The molecule has 3 aromatic rings. The lowest BCUT2D eigenvalue weighted by atomic mass is 10.2. The summed E-state index contributed by atoms with van der Waals surface area (Å²) in [5.41, 5.74) is -1.18. The Morgan fingerprint density at radius 3 is 2.29 bits per heavy atom. The number of nitrogens with one attached hydrogen (secondary N) is 1. The molecule has 0 spiro atoms. The minimum Gasteiger partial charge on any atom is -0.448 e. The molecule has 0 fully saturated rings. The summed E-state index contributed by atoms with van der Waals surface area (Å²) in [4.78, 5) is 4.63. The summed E-state index contributed by atoms with van der Waals surface area (Å²) in [6, 6.07) is 3.61. The van der Waals surface area contributed by atoms with Crippen LogP contribution in [0, 0.1) is 17.5 Å². The molecule has 3 rings (SSSR count). The van der Waals surface area contributed by atoms with Gasteiger partial charge in [-0.05, 0) is 24.3 Å². The molecule has 2 aromatic carbocycles. The van der Waals surface area contributed by atoms with Crippen molar-refractivity contribution in [2.24, 2.45) is 0 Å². The molecule has 0 aliphatic heterocycles. The Bertz CT molecular complexity index is 985. The highest BCUT2D eigenvalue weighted by Crippen LogP contribution is 2.36. The van der Waals surface area contributed by atoms with Gasteiger partial charge in [0.15, 0.2) is 33.4 Å². The fourth-order valence-corrected chi connectivity index (χ4v) is 3.09. The first-order valence-corrected chi connectivity index (χ1v) is 8.70. The quantitative estimate of drug-likeness (QED) is 0.453. The zero-order valence-electron chi connectivity index (χ0n) is 13.6. The smallest absolute Gasteiger partial charge is 0.416 e. The van der Waals surface area contributed by atoms with Crippen LogP contribution in [0.4, 0.5) is 32.0 Å². The third-order valence-corrected chi connectivity index (χ3v) is 4.58. The van der Waals surface area contributed by atoms with Crippen molar-refractivity contribution >= 4 is 28.6 Å². The van der Waals surface area contributed by atoms with E-state index in [1.54, 1.807) is 0 Å². The number of alkyl halides is 3. The number of halogens is 7. The molecule has 0 atom stereocenters. The molecule has 1 N–H and O–H groups in total. The molecular weight excluding hydrogens is 430 g/mol. The van der Waals surface area contributed by atoms with E-state index in [0.717, 1.165) is 17.0 Å². The van der Waals surface area contributed by atoms with Gasteiger partial charge in [0.25, 0.3) is 0 Å². The predicted octanol–water partition coefficient (Wildman–Crippen LogP) is 6.64. The van der Waals surface area contributed by atoms with Gasteiger partial charge < -0.3 is 10.1 Å². The van der Waals surface area contributed by atoms with Crippen molar-refractivity contribution in [2.45, 2.75) is 12.7 Å². The Morgan fingerprint density at radius 2 is 1.71 bits per heavy atom. The number of hydrogen-bond acceptors (Lipinski definition) is 4. The number of nitrogens with zero attached hydrogens (tertiary/aromatic N) is 1. The molecule has 0 saturated heterocycles. The van der Waals surface area contributed by atoms with Crippen molar-refractivity contribution < 1.29 is 31.1 Å². The topological polar surface area (TPSA) is 34.2 Å². The fraction of sp³-hybridized carbons (Fsp3) is 0.118. The van der Waals surface area contributed by atoms with E-state index >= 15 is 0 Å². The van der Waals surface area contributed by atoms with Gasteiger partial charge in [-0.1, -0.05) is 11.6 Å². The van der Waals surface area contributed by atoms with Crippen LogP contribution in [0.3, 0.4) is 0 Å². The number of hydrogen-bond donors (Lipinski definition) is 1. The predicted molar refractivity (Wildman–Crippen MR) is 92.3 cm³/mol. The molecule has 1 aromatic heterocycles. The van der Waals surface area contributed by atoms with Crippen LogP contribution in [0.25, 0.3) is 0 Å². The molecule has 3 nitrogen and oxygen atoms in total. The summed E-state index contributed by atoms with van der Waals surface area (Å²) in [5, 5.41) is 2.91. The highest BCUT2D eigenvalue weighted by atomic mass is 35.5. The highest BCUT2D eigenvalue weighted by molar-refractivity contribution is 7.15. The second kappa shape index (κ2) is 7.88. The summed E-state index contributed by atoms with van der Waals surface area (Å²) in [7, 11) is 0. The minimum absolute atomic E-state index is 0.0753. The van der Waals surface area contributed by atoms with Gasteiger partial charge in [-0.2, -0.15) is 13.2 Å². The van der Waals surface area contributed by atoms with Crippen molar-refractivity contribution in [3.63, 3.8) is 0 Å². The number of aromatic nitrogens is 1. The zero-order valence-corrected chi connectivity index (χ0v) is 15.2. The van der Waals surface area contributed by atoms with Crippen LogP contribution in [0.15, 0.2) is 36.5 Å². The van der Waals surface area contributed by atoms with Crippen molar-refractivity contribution in [2.75, 3.05) is 5.32 Å². The van der Waals surface area contributed by atoms with Crippen LogP contribution >= 0.6 is 22.9 Å². The average Bonchev–Trinajstić information content (AvgIpc) is 3.02. The summed E-state index contributed by atoms with van der Waals surface area (Å²) in [5.74, 6) is -5.87. The number of thiazole rings is 1. The van der Waals surface area contributed by atoms with Crippen molar-refractivity contribution in [1.29, 1.82) is 0 Å². The Morgan fingerprint density at radius 1 is 1.04 bits per heavy atom. The van der Waals surface area contributed by atoms with Crippen LogP contribution < -0.4 is 10.1 Å². The van der Waals surface area contributed by atoms with Gasteiger partial charge in [0.2, 0.25) is 0 Å². The van der Waals surface area contributed by atoms with E-state index in [0.29, 0.717) is 16.7 Å². The monoisotopic (exact) mass is 438 g/mol. The minimum atomic E-state index is -4.94. The van der Waals surface area contributed by atoms with Gasteiger partial charge in [-0.3, -0.25) is 0 Å². The third-order valence-electron chi connectivity index (χ3n) is 3.46. The first-order chi connectivity index (χ1) is 13.1. The van der Waals surface area contributed by atoms with E-state index in [1.807, 2.05) is 0 Å². The van der Waals surface area contributed by atoms with Crippen molar-refractivity contribution in [3.05, 3.63) is 68.9 Å². The van der Waals surface area contributed by atoms with Gasteiger partial charge in [0, 0.05) is 22.8 Å². The van der Waals surface area contributed by atoms with Gasteiger partial charge in [-0.25, -0.2) is 18.2 Å². The maximum atomic E-state index is 14.0. The molecule has 0 radical (unpaired) electrons. The Balaban J connectivity index is 1.82. The van der Waals surface area contributed by atoms with Gasteiger partial charge >= 0.3 is 6.18 Å². The molecule has 0 saturated carbocycles. The van der Waals surface area contributed by atoms with Gasteiger partial charge in [-0.15, -0.1) is 11.3 Å². The molecule has 0 bridgehead atoms. The molecule has 148 valence electrons. The van der Waals surface area contributed by atoms with E-state index in [9.17, 15) is 26.3 Å². The zero-order chi connectivity index (χ0) is 20.5. The Labute approximate surface area is 163 Å². The second-order valence-corrected chi connectivity index (χ2v) is 7.14. The van der Waals surface area contributed by atoms with Crippen LogP contribution in [0.2, 0.25) is 4.47 Å². The van der Waals surface area contributed by atoms with Crippen LogP contribution in [0.5, 0.6) is 11.5 Å². The maximum Gasteiger partial charge on any atom is 0.416 e. The van der Waals surface area contributed by atoms with Crippen LogP contribution in [0.1, 0.15) is 10.4 Å². The first-order valence-electron chi connectivity index (χ1n) is 7.51. The summed E-state index contributed by atoms with van der Waals surface area (Å²) >= 11 is 6.94. The number of anilines is 1. The first kappa shape index (κ1) is 20.3. The highest BCUT2D eigenvalue weighted by Gasteiger charge is 2.33. The van der Waals surface area contributed by atoms with Crippen LogP contribution in [-0.2, 0) is 12.7 Å². The molecule has 0 aliphatic carbocycles. The molecule has 0 unspecified atom stereocenters. The number of ether oxygens (including phenoxy) is 1. The summed E-state index contributed by atoms with van der Waals surface area (Å²) in [6.07, 6.45) is -3.40. The van der Waals surface area contributed by atoms with E-state index in [4.69, 9.17) is 16.3 Å². The van der Waals surface area contributed by atoms with E-state index in [-0.39, 0.29) is 12.1 Å². The molecule has 0 amide bonds. The molecule has 28 heavy (non-hydrogen) atoms. The summed E-state index contributed by atoms with van der Waals surface area (Å²) in [6.45, 7) is 0.290. The SMILES string of the molecule is Fc1ccc(NCc2cnc(Cl)s2)cc1Oc1c(F)cc(C(F)(F)F)cc1F.